The number of aromatic amines is 1. The van der Waals surface area contributed by atoms with Crippen molar-refractivity contribution >= 4 is 45.7 Å². The van der Waals surface area contributed by atoms with Gasteiger partial charge < -0.3 is 35.3 Å². The highest BCUT2D eigenvalue weighted by Gasteiger charge is 2.47. The monoisotopic (exact) mass is 536 g/mol. The summed E-state index contributed by atoms with van der Waals surface area (Å²) in [6.45, 7) is 8.01. The summed E-state index contributed by atoms with van der Waals surface area (Å²) in [4.78, 5) is 31.9. The zero-order chi connectivity index (χ0) is 27.5. The van der Waals surface area contributed by atoms with Crippen molar-refractivity contribution in [1.82, 2.24) is 25.6 Å². The Bertz CT molecular complexity index is 1510. The number of benzene rings is 1. The van der Waals surface area contributed by atoms with Crippen LogP contribution in [-0.4, -0.2) is 64.4 Å². The number of anilines is 2. The first kappa shape index (κ1) is 25.2. The van der Waals surface area contributed by atoms with Crippen LogP contribution in [0.15, 0.2) is 29.4 Å². The van der Waals surface area contributed by atoms with Crippen molar-refractivity contribution in [2.45, 2.75) is 64.1 Å². The molecule has 4 N–H and O–H groups in total. The Labute approximate surface area is 225 Å². The summed E-state index contributed by atoms with van der Waals surface area (Å²) in [6.07, 6.45) is 6.41. The van der Waals surface area contributed by atoms with Crippen LogP contribution in [-0.2, 0) is 4.74 Å². The van der Waals surface area contributed by atoms with Gasteiger partial charge in [0.2, 0.25) is 0 Å². The molecule has 3 aromatic rings. The van der Waals surface area contributed by atoms with Crippen molar-refractivity contribution in [1.29, 1.82) is 0 Å². The lowest BCUT2D eigenvalue weighted by Crippen LogP contribution is -2.47. The molecule has 1 amide bonds. The number of ether oxygens (including phenoxy) is 2. The van der Waals surface area contributed by atoms with Gasteiger partial charge in [-0.25, -0.2) is 14.2 Å². The molecule has 2 bridgehead atoms. The lowest BCUT2D eigenvalue weighted by atomic mass is 10.0. The summed E-state index contributed by atoms with van der Waals surface area (Å²) in [6, 6.07) is 3.23. The van der Waals surface area contributed by atoms with Crippen LogP contribution in [0, 0.1) is 11.7 Å². The van der Waals surface area contributed by atoms with E-state index in [2.05, 4.69) is 35.8 Å². The Hall–Kier alpha value is -4.09. The first-order chi connectivity index (χ1) is 18.5. The van der Waals surface area contributed by atoms with E-state index in [1.165, 1.54) is 12.1 Å². The summed E-state index contributed by atoms with van der Waals surface area (Å²) in [7, 11) is 1.75. The molecule has 12 heteroatoms. The Morgan fingerprint density at radius 1 is 1.26 bits per heavy atom. The van der Waals surface area contributed by atoms with E-state index in [-0.39, 0.29) is 29.8 Å². The Morgan fingerprint density at radius 3 is 2.74 bits per heavy atom. The third-order valence-corrected chi connectivity index (χ3v) is 7.41. The van der Waals surface area contributed by atoms with Gasteiger partial charge in [-0.3, -0.25) is 0 Å². The number of hydrogen-bond donors (Lipinski definition) is 4. The minimum Gasteiger partial charge on any atom is -0.444 e. The van der Waals surface area contributed by atoms with Crippen LogP contribution >= 0.6 is 0 Å². The molecule has 0 spiro atoms. The molecular formula is C27H33FN8O3. The van der Waals surface area contributed by atoms with E-state index in [9.17, 15) is 9.18 Å². The van der Waals surface area contributed by atoms with Gasteiger partial charge in [0.25, 0.3) is 5.85 Å². The molecule has 4 atom stereocenters. The molecule has 1 aliphatic carbocycles. The second-order valence-corrected chi connectivity index (χ2v) is 11.5. The van der Waals surface area contributed by atoms with E-state index in [0.29, 0.717) is 29.1 Å². The fraction of sp³-hybridized carbons (Fsp3) is 0.481. The number of nitrogens with zero attached hydrogens (tertiary/aromatic N) is 4. The SMILES string of the molecule is CNc1cc(F)cc2c1[nH]c1nc(OC3(C)N=CC=CN3)nc(N3C[C@H]4C[C@@H]3C[C@H]4NC(=O)OC(C)(C)C)c12. The number of H-pyrrole nitrogens is 1. The number of alkyl carbamates (subject to hydrolysis) is 1. The quantitative estimate of drug-likeness (QED) is 0.385. The molecule has 206 valence electrons. The number of fused-ring (bicyclic) bond motifs is 5. The molecule has 1 saturated carbocycles. The maximum absolute atomic E-state index is 14.7. The number of aliphatic imine (C=N–C) groups is 1. The highest BCUT2D eigenvalue weighted by Crippen LogP contribution is 2.44. The molecular weight excluding hydrogens is 503 g/mol. The lowest BCUT2D eigenvalue weighted by Gasteiger charge is -2.34. The number of halogens is 1. The molecule has 2 fully saturated rings. The van der Waals surface area contributed by atoms with Crippen LogP contribution in [0.2, 0.25) is 0 Å². The molecule has 6 rings (SSSR count). The molecule has 1 unspecified atom stereocenters. The third kappa shape index (κ3) is 4.68. The molecule has 1 aromatic carbocycles. The fourth-order valence-electron chi connectivity index (χ4n) is 5.83. The number of aromatic nitrogens is 3. The number of amides is 1. The normalized spacial score (nSPS) is 25.8. The minimum absolute atomic E-state index is 0.0110. The Morgan fingerprint density at radius 2 is 2.08 bits per heavy atom. The van der Waals surface area contributed by atoms with E-state index in [4.69, 9.17) is 14.5 Å². The minimum atomic E-state index is -1.07. The lowest BCUT2D eigenvalue weighted by molar-refractivity contribution is 0.0491. The van der Waals surface area contributed by atoms with Gasteiger partial charge in [0.15, 0.2) is 0 Å². The van der Waals surface area contributed by atoms with Gasteiger partial charge in [0, 0.05) is 50.4 Å². The smallest absolute Gasteiger partial charge is 0.407 e. The Kier molecular flexibility index (Phi) is 5.81. The largest absolute Gasteiger partial charge is 0.444 e. The highest BCUT2D eigenvalue weighted by atomic mass is 19.1. The molecule has 2 aromatic heterocycles. The van der Waals surface area contributed by atoms with E-state index >= 15 is 0 Å². The average Bonchev–Trinajstić information content (AvgIpc) is 3.54. The number of piperidine rings is 1. The van der Waals surface area contributed by atoms with E-state index < -0.39 is 17.5 Å². The second-order valence-electron chi connectivity index (χ2n) is 11.5. The molecule has 4 heterocycles. The average molecular weight is 537 g/mol. The van der Waals surface area contributed by atoms with Gasteiger partial charge in [0.05, 0.1) is 16.6 Å². The maximum atomic E-state index is 14.7. The van der Waals surface area contributed by atoms with Crippen molar-refractivity contribution in [3.63, 3.8) is 0 Å². The van der Waals surface area contributed by atoms with Gasteiger partial charge in [-0.15, -0.1) is 0 Å². The molecule has 3 aliphatic rings. The molecule has 0 radical (unpaired) electrons. The zero-order valence-electron chi connectivity index (χ0n) is 22.6. The topological polar surface area (TPSA) is 129 Å². The number of allylic oxidation sites excluding steroid dienone is 1. The molecule has 39 heavy (non-hydrogen) atoms. The molecule has 1 saturated heterocycles. The van der Waals surface area contributed by atoms with E-state index in [1.807, 2.05) is 20.8 Å². The van der Waals surface area contributed by atoms with Crippen molar-refractivity contribution in [2.24, 2.45) is 10.9 Å². The van der Waals surface area contributed by atoms with Crippen molar-refractivity contribution in [3.8, 4) is 6.01 Å². The number of nitrogens with one attached hydrogen (secondary N) is 4. The van der Waals surface area contributed by atoms with Gasteiger partial charge in [-0.05, 0) is 57.7 Å². The molecule has 2 aliphatic heterocycles. The van der Waals surface area contributed by atoms with Gasteiger partial charge >= 0.3 is 12.1 Å². The third-order valence-electron chi connectivity index (χ3n) is 7.41. The van der Waals surface area contributed by atoms with E-state index in [0.717, 1.165) is 23.7 Å². The zero-order valence-corrected chi connectivity index (χ0v) is 22.6. The fourth-order valence-corrected chi connectivity index (χ4v) is 5.83. The van der Waals surface area contributed by atoms with Crippen LogP contribution in [0.5, 0.6) is 6.01 Å². The number of rotatable bonds is 5. The summed E-state index contributed by atoms with van der Waals surface area (Å²) < 4.78 is 26.3. The number of carbonyl (C=O) groups excluding carboxylic acids is 1. The maximum Gasteiger partial charge on any atom is 0.407 e. The van der Waals surface area contributed by atoms with Gasteiger partial charge in [0.1, 0.15) is 22.9 Å². The summed E-state index contributed by atoms with van der Waals surface area (Å²) in [5, 5.41) is 10.6. The summed E-state index contributed by atoms with van der Waals surface area (Å²) in [5.74, 6) is -0.543. The Balaban J connectivity index is 1.38. The highest BCUT2D eigenvalue weighted by molar-refractivity contribution is 6.14. The van der Waals surface area contributed by atoms with Crippen molar-refractivity contribution < 1.29 is 18.7 Å². The van der Waals surface area contributed by atoms with Crippen molar-refractivity contribution in [2.75, 3.05) is 23.8 Å². The summed E-state index contributed by atoms with van der Waals surface area (Å²) in [5.41, 5.74) is 1.34. The number of carbonyl (C=O) groups is 1. The van der Waals surface area contributed by atoms with Crippen LogP contribution < -0.4 is 25.6 Å². The second kappa shape index (κ2) is 8.99. The van der Waals surface area contributed by atoms with Crippen molar-refractivity contribution in [3.05, 3.63) is 30.2 Å². The van der Waals surface area contributed by atoms with Crippen LogP contribution in [0.25, 0.3) is 21.9 Å². The predicted octanol–water partition coefficient (Wildman–Crippen LogP) is 4.02. The van der Waals surface area contributed by atoms with E-state index in [1.54, 1.807) is 32.5 Å². The standard InChI is InChI=1S/C27H33FN8O3/c1-26(2,3)39-25(37)32-18-12-16-9-14(18)13-36(16)23-20-17-10-15(28)11-19(29-5)21(17)33-22(20)34-24(35-23)38-27(4)30-7-6-8-31-27/h6-8,10-11,14,16,18,29-30H,9,12-13H2,1-5H3,(H,32,37)(H,33,34,35)/t14-,16-,18-,27?/m1/s1. The summed E-state index contributed by atoms with van der Waals surface area (Å²) >= 11 is 0. The van der Waals surface area contributed by atoms with Crippen LogP contribution in [0.4, 0.5) is 20.7 Å². The van der Waals surface area contributed by atoms with Crippen LogP contribution in [0.1, 0.15) is 40.5 Å². The van der Waals surface area contributed by atoms with Gasteiger partial charge in [-0.2, -0.15) is 9.97 Å². The van der Waals surface area contributed by atoms with Gasteiger partial charge in [-0.1, -0.05) is 0 Å². The first-order valence-corrected chi connectivity index (χ1v) is 13.2. The number of hydrogen-bond acceptors (Lipinski definition) is 9. The van der Waals surface area contributed by atoms with Crippen LogP contribution in [0.3, 0.4) is 0 Å². The molecule has 11 nitrogen and oxygen atoms in total. The first-order valence-electron chi connectivity index (χ1n) is 13.2. The predicted molar refractivity (Wildman–Crippen MR) is 148 cm³/mol.